The zero-order valence-electron chi connectivity index (χ0n) is 18.4. The van der Waals surface area contributed by atoms with Crippen LogP contribution in [0.1, 0.15) is 16.1 Å². The molecule has 0 atom stereocenters. The largest absolute Gasteiger partial charge is 0.467 e. The van der Waals surface area contributed by atoms with E-state index in [0.29, 0.717) is 18.8 Å². The number of hydrogen-bond acceptors (Lipinski definition) is 5. The van der Waals surface area contributed by atoms with Crippen molar-refractivity contribution in [3.05, 3.63) is 84.1 Å². The summed E-state index contributed by atoms with van der Waals surface area (Å²) < 4.78 is 46.5. The van der Waals surface area contributed by atoms with Crippen molar-refractivity contribution < 1.29 is 22.0 Å². The van der Waals surface area contributed by atoms with E-state index < -0.39 is 10.0 Å². The highest BCUT2D eigenvalue weighted by Crippen LogP contribution is 2.23. The van der Waals surface area contributed by atoms with Crippen LogP contribution in [-0.4, -0.2) is 56.3 Å². The summed E-state index contributed by atoms with van der Waals surface area (Å²) in [5, 5.41) is 0. The van der Waals surface area contributed by atoms with Gasteiger partial charge in [-0.3, -0.25) is 4.79 Å². The van der Waals surface area contributed by atoms with Crippen LogP contribution in [0.2, 0.25) is 0 Å². The van der Waals surface area contributed by atoms with E-state index in [1.165, 1.54) is 39.7 Å². The lowest BCUT2D eigenvalue weighted by atomic mass is 10.2. The molecule has 2 aromatic carbocycles. The molecule has 0 bridgehead atoms. The van der Waals surface area contributed by atoms with Crippen molar-refractivity contribution in [3.8, 4) is 12.3 Å². The van der Waals surface area contributed by atoms with Gasteiger partial charge in [0.25, 0.3) is 5.91 Å². The smallest absolute Gasteiger partial charge is 0.255 e. The van der Waals surface area contributed by atoms with Crippen LogP contribution in [0.25, 0.3) is 0 Å². The van der Waals surface area contributed by atoms with Crippen LogP contribution in [0.3, 0.4) is 0 Å². The number of sulfonamides is 1. The molecule has 1 aliphatic heterocycles. The number of furan rings is 1. The second-order valence-corrected chi connectivity index (χ2v) is 9.78. The molecule has 1 aromatic heterocycles. The summed E-state index contributed by atoms with van der Waals surface area (Å²) in [5.41, 5.74) is 1.07. The Kier molecular flexibility index (Phi) is 7.01. The Bertz CT molecular complexity index is 1280. The summed E-state index contributed by atoms with van der Waals surface area (Å²) in [5.74, 6) is 2.34. The van der Waals surface area contributed by atoms with Crippen molar-refractivity contribution in [1.82, 2.24) is 9.21 Å². The highest BCUT2D eigenvalue weighted by atomic mass is 32.2. The Morgan fingerprint density at radius 2 is 1.79 bits per heavy atom. The summed E-state index contributed by atoms with van der Waals surface area (Å²) in [7, 11) is -3.80. The first-order valence-corrected chi connectivity index (χ1v) is 12.2. The fourth-order valence-corrected chi connectivity index (χ4v) is 5.33. The van der Waals surface area contributed by atoms with Gasteiger partial charge in [0.2, 0.25) is 10.0 Å². The van der Waals surface area contributed by atoms with Crippen LogP contribution in [0.15, 0.2) is 76.2 Å². The van der Waals surface area contributed by atoms with E-state index in [4.69, 9.17) is 10.8 Å². The molecule has 0 radical (unpaired) electrons. The van der Waals surface area contributed by atoms with Crippen molar-refractivity contribution in [2.24, 2.45) is 0 Å². The molecule has 0 aliphatic carbocycles. The molecule has 1 saturated heterocycles. The Balaban J connectivity index is 1.48. The molecule has 1 amide bonds. The maximum Gasteiger partial charge on any atom is 0.255 e. The third-order valence-corrected chi connectivity index (χ3v) is 7.54. The molecule has 9 heteroatoms. The van der Waals surface area contributed by atoms with Gasteiger partial charge in [0, 0.05) is 37.4 Å². The molecule has 176 valence electrons. The predicted octanol–water partition coefficient (Wildman–Crippen LogP) is 3.21. The van der Waals surface area contributed by atoms with Crippen molar-refractivity contribution >= 4 is 21.6 Å². The van der Waals surface area contributed by atoms with Gasteiger partial charge in [0.05, 0.1) is 24.2 Å². The standard InChI is InChI=1S/C25H24FN3O4S/c1-2-12-28(19-23-6-4-17-33-23)25(30)20-5-3-7-24(18-20)34(31,32)29-15-13-27(14-16-29)22-10-8-21(26)9-11-22/h1,3-11,17-18H,12-16,19H2. The lowest BCUT2D eigenvalue weighted by Gasteiger charge is -2.35. The molecule has 2 heterocycles. The van der Waals surface area contributed by atoms with Gasteiger partial charge in [0.15, 0.2) is 0 Å². The molecule has 3 aromatic rings. The number of terminal acetylenes is 1. The van der Waals surface area contributed by atoms with Crippen LogP contribution < -0.4 is 4.90 Å². The van der Waals surface area contributed by atoms with Crippen molar-refractivity contribution in [3.63, 3.8) is 0 Å². The molecule has 0 spiro atoms. The van der Waals surface area contributed by atoms with Gasteiger partial charge in [0.1, 0.15) is 11.6 Å². The fourth-order valence-electron chi connectivity index (χ4n) is 3.86. The fraction of sp³-hybridized carbons (Fsp3) is 0.240. The Morgan fingerprint density at radius 1 is 1.06 bits per heavy atom. The minimum absolute atomic E-state index is 0.0484. The van der Waals surface area contributed by atoms with Crippen molar-refractivity contribution in [1.29, 1.82) is 0 Å². The second kappa shape index (κ2) is 10.1. The van der Waals surface area contributed by atoms with E-state index in [2.05, 4.69) is 5.92 Å². The molecule has 1 aliphatic rings. The number of piperazine rings is 1. The van der Waals surface area contributed by atoms with Crippen LogP contribution in [-0.2, 0) is 16.6 Å². The quantitative estimate of drug-likeness (QED) is 0.485. The third-order valence-electron chi connectivity index (χ3n) is 5.65. The molecule has 34 heavy (non-hydrogen) atoms. The van der Waals surface area contributed by atoms with E-state index in [9.17, 15) is 17.6 Å². The summed E-state index contributed by atoms with van der Waals surface area (Å²) in [6, 6.07) is 15.6. The minimum Gasteiger partial charge on any atom is -0.467 e. The number of carbonyl (C=O) groups is 1. The highest BCUT2D eigenvalue weighted by Gasteiger charge is 2.29. The Labute approximate surface area is 198 Å². The molecule has 0 N–H and O–H groups in total. The van der Waals surface area contributed by atoms with Gasteiger partial charge >= 0.3 is 0 Å². The molecule has 0 saturated carbocycles. The Morgan fingerprint density at radius 3 is 2.44 bits per heavy atom. The van der Waals surface area contributed by atoms with E-state index in [1.54, 1.807) is 36.4 Å². The maximum atomic E-state index is 13.3. The lowest BCUT2D eigenvalue weighted by Crippen LogP contribution is -2.48. The third kappa shape index (κ3) is 5.14. The van der Waals surface area contributed by atoms with E-state index >= 15 is 0 Å². The molecule has 7 nitrogen and oxygen atoms in total. The minimum atomic E-state index is -3.80. The summed E-state index contributed by atoms with van der Waals surface area (Å²) in [6.45, 7) is 1.74. The molecular weight excluding hydrogens is 457 g/mol. The van der Waals surface area contributed by atoms with Gasteiger partial charge in [-0.1, -0.05) is 12.0 Å². The molecule has 4 rings (SSSR count). The number of anilines is 1. The van der Waals surface area contributed by atoms with Crippen LogP contribution in [0.5, 0.6) is 0 Å². The number of rotatable bonds is 7. The average Bonchev–Trinajstić information content (AvgIpc) is 3.37. The van der Waals surface area contributed by atoms with Crippen LogP contribution in [0, 0.1) is 18.2 Å². The van der Waals surface area contributed by atoms with E-state index in [0.717, 1.165) is 5.69 Å². The van der Waals surface area contributed by atoms with Gasteiger partial charge in [-0.15, -0.1) is 6.42 Å². The number of hydrogen-bond donors (Lipinski definition) is 0. The maximum absolute atomic E-state index is 13.3. The van der Waals surface area contributed by atoms with E-state index in [1.807, 2.05) is 4.90 Å². The summed E-state index contributed by atoms with van der Waals surface area (Å²) in [6.07, 6.45) is 6.94. The topological polar surface area (TPSA) is 74.1 Å². The summed E-state index contributed by atoms with van der Waals surface area (Å²) >= 11 is 0. The number of carbonyl (C=O) groups excluding carboxylic acids is 1. The molecule has 0 unspecified atom stereocenters. The lowest BCUT2D eigenvalue weighted by molar-refractivity contribution is 0.0755. The number of halogens is 1. The first-order chi connectivity index (χ1) is 16.4. The summed E-state index contributed by atoms with van der Waals surface area (Å²) in [4.78, 5) is 16.6. The zero-order valence-corrected chi connectivity index (χ0v) is 19.2. The zero-order chi connectivity index (χ0) is 24.1. The van der Waals surface area contributed by atoms with Crippen molar-refractivity contribution in [2.75, 3.05) is 37.6 Å². The first kappa shape index (κ1) is 23.5. The highest BCUT2D eigenvalue weighted by molar-refractivity contribution is 7.89. The Hall–Kier alpha value is -3.61. The first-order valence-electron chi connectivity index (χ1n) is 10.7. The average molecular weight is 482 g/mol. The SMILES string of the molecule is C#CCN(Cc1ccco1)C(=O)c1cccc(S(=O)(=O)N2CCN(c3ccc(F)cc3)CC2)c1. The number of amides is 1. The van der Waals surface area contributed by atoms with E-state index in [-0.39, 0.29) is 48.4 Å². The molecular formula is C25H24FN3O4S. The van der Waals surface area contributed by atoms with Gasteiger partial charge in [-0.2, -0.15) is 4.31 Å². The number of benzene rings is 2. The van der Waals surface area contributed by atoms with Gasteiger partial charge in [-0.25, -0.2) is 12.8 Å². The second-order valence-electron chi connectivity index (χ2n) is 7.84. The van der Waals surface area contributed by atoms with Crippen LogP contribution >= 0.6 is 0 Å². The molecule has 1 fully saturated rings. The number of nitrogens with zero attached hydrogens (tertiary/aromatic N) is 3. The van der Waals surface area contributed by atoms with Crippen LogP contribution in [0.4, 0.5) is 10.1 Å². The van der Waals surface area contributed by atoms with Gasteiger partial charge < -0.3 is 14.2 Å². The predicted molar refractivity (Wildman–Crippen MR) is 126 cm³/mol. The normalized spacial score (nSPS) is 14.5. The van der Waals surface area contributed by atoms with Crippen molar-refractivity contribution in [2.45, 2.75) is 11.4 Å². The van der Waals surface area contributed by atoms with Gasteiger partial charge in [-0.05, 0) is 54.6 Å². The monoisotopic (exact) mass is 481 g/mol.